The van der Waals surface area contributed by atoms with Gasteiger partial charge in [0.05, 0.1) is 0 Å². The number of urea groups is 1. The van der Waals surface area contributed by atoms with Crippen LogP contribution in [0.3, 0.4) is 0 Å². The van der Waals surface area contributed by atoms with Crippen molar-refractivity contribution in [3.05, 3.63) is 107 Å². The molecule has 2 heterocycles. The molecule has 2 aliphatic rings. The number of nitrogens with one attached hydrogen (secondary N) is 1. The van der Waals surface area contributed by atoms with Gasteiger partial charge in [-0.25, -0.2) is 9.69 Å². The summed E-state index contributed by atoms with van der Waals surface area (Å²) in [6.07, 6.45) is 1.46. The Bertz CT molecular complexity index is 1200. The van der Waals surface area contributed by atoms with E-state index >= 15 is 0 Å². The zero-order valence-corrected chi connectivity index (χ0v) is 19.8. The summed E-state index contributed by atoms with van der Waals surface area (Å²) in [6.45, 7) is 2.71. The fourth-order valence-electron chi connectivity index (χ4n) is 5.24. The van der Waals surface area contributed by atoms with Crippen LogP contribution in [0.4, 0.5) is 4.79 Å². The minimum atomic E-state index is -1.15. The van der Waals surface area contributed by atoms with Crippen molar-refractivity contribution in [2.75, 3.05) is 6.54 Å². The van der Waals surface area contributed by atoms with E-state index in [9.17, 15) is 14.4 Å². The van der Waals surface area contributed by atoms with E-state index in [-0.39, 0.29) is 11.8 Å². The van der Waals surface area contributed by atoms with Crippen molar-refractivity contribution in [1.29, 1.82) is 0 Å². The molecule has 0 aliphatic carbocycles. The highest BCUT2D eigenvalue weighted by molar-refractivity contribution is 6.10. The number of imide groups is 1. The zero-order valence-electron chi connectivity index (χ0n) is 19.8. The van der Waals surface area contributed by atoms with E-state index < -0.39 is 17.6 Å². The van der Waals surface area contributed by atoms with Gasteiger partial charge in [-0.05, 0) is 35.6 Å². The molecular weight excluding hydrogens is 438 g/mol. The number of hydrogen-bond acceptors (Lipinski definition) is 3. The molecule has 4 amide bonds. The van der Waals surface area contributed by atoms with Gasteiger partial charge in [0, 0.05) is 25.9 Å². The molecule has 3 aromatic carbocycles. The number of nitrogens with zero attached hydrogens (tertiary/aromatic N) is 2. The van der Waals surface area contributed by atoms with Gasteiger partial charge in [0.1, 0.15) is 11.6 Å². The molecule has 0 unspecified atom stereocenters. The summed E-state index contributed by atoms with van der Waals surface area (Å²) in [7, 11) is 0. The van der Waals surface area contributed by atoms with E-state index in [1.165, 1.54) is 5.56 Å². The average Bonchev–Trinajstić information content (AvgIpc) is 3.12. The van der Waals surface area contributed by atoms with Crippen molar-refractivity contribution < 1.29 is 14.4 Å². The highest BCUT2D eigenvalue weighted by Crippen LogP contribution is 2.29. The normalized spacial score (nSPS) is 17.6. The predicted octanol–water partition coefficient (Wildman–Crippen LogP) is 3.74. The molecule has 35 heavy (non-hydrogen) atoms. The van der Waals surface area contributed by atoms with Crippen LogP contribution in [0.2, 0.25) is 0 Å². The maximum Gasteiger partial charge on any atom is 0.325 e. The monoisotopic (exact) mass is 467 g/mol. The van der Waals surface area contributed by atoms with E-state index in [0.29, 0.717) is 25.9 Å². The fraction of sp³-hybridized carbons (Fsp3) is 0.276. The van der Waals surface area contributed by atoms with Crippen LogP contribution in [0.1, 0.15) is 29.2 Å². The second-order valence-electron chi connectivity index (χ2n) is 9.47. The average molecular weight is 468 g/mol. The molecule has 3 aromatic rings. The summed E-state index contributed by atoms with van der Waals surface area (Å²) in [6, 6.07) is 26.0. The maximum atomic E-state index is 13.9. The number of rotatable bonds is 6. The van der Waals surface area contributed by atoms with E-state index in [4.69, 9.17) is 0 Å². The Hall–Kier alpha value is -3.93. The summed E-state index contributed by atoms with van der Waals surface area (Å²) in [5, 5.41) is 2.99. The van der Waals surface area contributed by atoms with E-state index in [1.54, 1.807) is 11.8 Å². The molecule has 0 saturated carbocycles. The van der Waals surface area contributed by atoms with E-state index in [0.717, 1.165) is 28.0 Å². The van der Waals surface area contributed by atoms with Gasteiger partial charge in [-0.15, -0.1) is 0 Å². The quantitative estimate of drug-likeness (QED) is 0.562. The Morgan fingerprint density at radius 3 is 2.00 bits per heavy atom. The topological polar surface area (TPSA) is 69.7 Å². The minimum Gasteiger partial charge on any atom is -0.336 e. The first-order chi connectivity index (χ1) is 17.0. The summed E-state index contributed by atoms with van der Waals surface area (Å²) >= 11 is 0. The second kappa shape index (κ2) is 9.37. The molecule has 5 rings (SSSR count). The van der Waals surface area contributed by atoms with Crippen LogP contribution in [0.5, 0.6) is 0 Å². The van der Waals surface area contributed by atoms with Crippen LogP contribution < -0.4 is 5.32 Å². The lowest BCUT2D eigenvalue weighted by molar-refractivity contribution is -0.143. The first-order valence-corrected chi connectivity index (χ1v) is 12.1. The number of carbonyl (C=O) groups is 3. The molecule has 6 heteroatoms. The number of fused-ring (bicyclic) bond motifs is 1. The predicted molar refractivity (Wildman–Crippen MR) is 133 cm³/mol. The van der Waals surface area contributed by atoms with Gasteiger partial charge in [-0.3, -0.25) is 9.59 Å². The molecule has 1 saturated heterocycles. The fourth-order valence-corrected chi connectivity index (χ4v) is 5.24. The van der Waals surface area contributed by atoms with Crippen LogP contribution in [0, 0.1) is 0 Å². The molecule has 2 aliphatic heterocycles. The SMILES string of the molecule is C[C@H](C(=O)N1CCc2ccccc2C1)N1C(=O)NC(Cc2ccccc2)(Cc2ccccc2)C1=O. The zero-order chi connectivity index (χ0) is 24.4. The van der Waals surface area contributed by atoms with Gasteiger partial charge in [0.15, 0.2) is 0 Å². The molecular formula is C29H29N3O3. The molecule has 1 N–H and O–H groups in total. The van der Waals surface area contributed by atoms with Crippen molar-refractivity contribution in [1.82, 2.24) is 15.1 Å². The summed E-state index contributed by atoms with van der Waals surface area (Å²) in [5.74, 6) is -0.563. The molecule has 0 bridgehead atoms. The third kappa shape index (κ3) is 4.44. The van der Waals surface area contributed by atoms with Crippen LogP contribution >= 0.6 is 0 Å². The smallest absolute Gasteiger partial charge is 0.325 e. The number of hydrogen-bond donors (Lipinski definition) is 1. The van der Waals surface area contributed by atoms with Crippen molar-refractivity contribution in [2.45, 2.75) is 44.3 Å². The Balaban J connectivity index is 1.41. The molecule has 0 spiro atoms. The van der Waals surface area contributed by atoms with Crippen molar-refractivity contribution in [2.24, 2.45) is 0 Å². The van der Waals surface area contributed by atoms with Gasteiger partial charge in [0.2, 0.25) is 5.91 Å². The summed E-state index contributed by atoms with van der Waals surface area (Å²) in [5.41, 5.74) is 3.10. The Morgan fingerprint density at radius 2 is 1.40 bits per heavy atom. The lowest BCUT2D eigenvalue weighted by atomic mass is 9.84. The standard InChI is InChI=1S/C29H29N3O3/c1-21(26(33)31-17-16-24-14-8-9-15-25(24)20-31)32-27(34)29(30-28(32)35,18-22-10-4-2-5-11-22)19-23-12-6-3-7-13-23/h2-15,21H,16-20H2,1H3,(H,30,35)/t21-/m1/s1. The second-order valence-corrected chi connectivity index (χ2v) is 9.47. The summed E-state index contributed by atoms with van der Waals surface area (Å²) in [4.78, 5) is 43.5. The summed E-state index contributed by atoms with van der Waals surface area (Å²) < 4.78 is 0. The van der Waals surface area contributed by atoms with Crippen LogP contribution in [-0.4, -0.2) is 45.8 Å². The Morgan fingerprint density at radius 1 is 0.857 bits per heavy atom. The Labute approximate surface area is 205 Å². The van der Waals surface area contributed by atoms with Crippen LogP contribution in [0.25, 0.3) is 0 Å². The Kier molecular flexibility index (Phi) is 6.12. The maximum absolute atomic E-state index is 13.9. The molecule has 1 atom stereocenters. The van der Waals surface area contributed by atoms with E-state index in [2.05, 4.69) is 11.4 Å². The van der Waals surface area contributed by atoms with Crippen molar-refractivity contribution >= 4 is 17.8 Å². The molecule has 1 fully saturated rings. The van der Waals surface area contributed by atoms with Gasteiger partial charge < -0.3 is 10.2 Å². The first kappa shape index (κ1) is 22.8. The first-order valence-electron chi connectivity index (χ1n) is 12.1. The number of amides is 4. The van der Waals surface area contributed by atoms with Gasteiger partial charge in [-0.2, -0.15) is 0 Å². The van der Waals surface area contributed by atoms with Crippen LogP contribution in [0.15, 0.2) is 84.9 Å². The highest BCUT2D eigenvalue weighted by atomic mass is 16.2. The molecule has 6 nitrogen and oxygen atoms in total. The lowest BCUT2D eigenvalue weighted by Crippen LogP contribution is -2.53. The van der Waals surface area contributed by atoms with Crippen LogP contribution in [-0.2, 0) is 35.4 Å². The molecule has 0 aromatic heterocycles. The molecule has 178 valence electrons. The van der Waals surface area contributed by atoms with Crippen molar-refractivity contribution in [3.8, 4) is 0 Å². The minimum absolute atomic E-state index is 0.210. The number of benzene rings is 3. The van der Waals surface area contributed by atoms with Gasteiger partial charge >= 0.3 is 6.03 Å². The van der Waals surface area contributed by atoms with Gasteiger partial charge in [-0.1, -0.05) is 84.9 Å². The van der Waals surface area contributed by atoms with E-state index in [1.807, 2.05) is 78.9 Å². The lowest BCUT2D eigenvalue weighted by Gasteiger charge is -2.33. The third-order valence-corrected chi connectivity index (χ3v) is 7.08. The van der Waals surface area contributed by atoms with Crippen molar-refractivity contribution in [3.63, 3.8) is 0 Å². The molecule has 0 radical (unpaired) electrons. The third-order valence-electron chi connectivity index (χ3n) is 7.08. The largest absolute Gasteiger partial charge is 0.336 e. The number of carbonyl (C=O) groups excluding carboxylic acids is 3. The highest BCUT2D eigenvalue weighted by Gasteiger charge is 2.54. The van der Waals surface area contributed by atoms with Gasteiger partial charge in [0.25, 0.3) is 5.91 Å².